The maximum absolute atomic E-state index is 6.13. The van der Waals surface area contributed by atoms with Crippen LogP contribution in [0.3, 0.4) is 0 Å². The number of nitrogens with zero attached hydrogens (tertiary/aromatic N) is 3. The van der Waals surface area contributed by atoms with Gasteiger partial charge >= 0.3 is 0 Å². The van der Waals surface area contributed by atoms with Crippen molar-refractivity contribution in [2.24, 2.45) is 0 Å². The molecule has 0 bridgehead atoms. The van der Waals surface area contributed by atoms with E-state index in [4.69, 9.17) is 4.74 Å². The van der Waals surface area contributed by atoms with Gasteiger partial charge in [-0.1, -0.05) is 12.8 Å². The molecule has 2 aliphatic heterocycles. The summed E-state index contributed by atoms with van der Waals surface area (Å²) >= 11 is 0. The topological polar surface area (TPSA) is 50.3 Å². The Morgan fingerprint density at radius 2 is 1.91 bits per heavy atom. The Kier molecular flexibility index (Phi) is 4.38. The number of nitrogens with one attached hydrogen (secondary N) is 1. The van der Waals surface area contributed by atoms with Gasteiger partial charge in [-0.05, 0) is 44.9 Å². The summed E-state index contributed by atoms with van der Waals surface area (Å²) in [5.74, 6) is 2.05. The fraction of sp³-hybridized carbons (Fsp3) is 0.778. The quantitative estimate of drug-likeness (QED) is 0.926. The van der Waals surface area contributed by atoms with Gasteiger partial charge in [-0.15, -0.1) is 0 Å². The van der Waals surface area contributed by atoms with Crippen LogP contribution in [0.25, 0.3) is 0 Å². The van der Waals surface area contributed by atoms with Gasteiger partial charge in [-0.3, -0.25) is 0 Å². The molecule has 1 aliphatic carbocycles. The average Bonchev–Trinajstić information content (AvgIpc) is 3.03. The molecule has 1 N–H and O–H groups in total. The molecule has 5 heteroatoms. The minimum Gasteiger partial charge on any atom is -0.375 e. The van der Waals surface area contributed by atoms with Crippen molar-refractivity contribution in [2.45, 2.75) is 69.4 Å². The minimum atomic E-state index is 0.151. The third-order valence-electron chi connectivity index (χ3n) is 5.69. The second kappa shape index (κ2) is 6.63. The van der Waals surface area contributed by atoms with Crippen molar-refractivity contribution >= 4 is 11.6 Å². The van der Waals surface area contributed by atoms with Crippen LogP contribution in [0.15, 0.2) is 12.4 Å². The number of aromatic nitrogens is 2. The predicted octanol–water partition coefficient (Wildman–Crippen LogP) is 3.37. The summed E-state index contributed by atoms with van der Waals surface area (Å²) in [6.45, 7) is 3.12. The van der Waals surface area contributed by atoms with Gasteiger partial charge in [0.25, 0.3) is 0 Å². The zero-order chi connectivity index (χ0) is 15.5. The summed E-state index contributed by atoms with van der Waals surface area (Å²) in [7, 11) is 0. The smallest absolute Gasteiger partial charge is 0.134 e. The molecule has 5 nitrogen and oxygen atoms in total. The molecular weight excluding hydrogens is 288 g/mol. The van der Waals surface area contributed by atoms with Crippen LogP contribution in [-0.4, -0.2) is 41.3 Å². The summed E-state index contributed by atoms with van der Waals surface area (Å²) in [4.78, 5) is 11.3. The SMILES string of the molecule is c1nc(NC2CCOC3(CCCC3)C2)cc(N2CCCCC2)n1. The Morgan fingerprint density at radius 1 is 1.09 bits per heavy atom. The second-order valence-corrected chi connectivity index (χ2v) is 7.38. The van der Waals surface area contributed by atoms with Crippen LogP contribution in [0.1, 0.15) is 57.8 Å². The summed E-state index contributed by atoms with van der Waals surface area (Å²) in [5, 5.41) is 3.65. The van der Waals surface area contributed by atoms with Gasteiger partial charge in [0.15, 0.2) is 0 Å². The lowest BCUT2D eigenvalue weighted by Gasteiger charge is -2.38. The average molecular weight is 316 g/mol. The summed E-state index contributed by atoms with van der Waals surface area (Å²) in [6.07, 6.45) is 12.9. The van der Waals surface area contributed by atoms with E-state index in [-0.39, 0.29) is 5.60 Å². The van der Waals surface area contributed by atoms with Gasteiger partial charge in [0.2, 0.25) is 0 Å². The second-order valence-electron chi connectivity index (χ2n) is 7.38. The Morgan fingerprint density at radius 3 is 2.74 bits per heavy atom. The maximum Gasteiger partial charge on any atom is 0.134 e. The van der Waals surface area contributed by atoms with Gasteiger partial charge in [-0.2, -0.15) is 0 Å². The molecule has 1 saturated carbocycles. The molecule has 3 heterocycles. The molecule has 1 aromatic rings. The van der Waals surface area contributed by atoms with E-state index in [0.29, 0.717) is 6.04 Å². The summed E-state index contributed by atoms with van der Waals surface area (Å²) < 4.78 is 6.13. The highest BCUT2D eigenvalue weighted by Crippen LogP contribution is 2.40. The predicted molar refractivity (Wildman–Crippen MR) is 91.9 cm³/mol. The Bertz CT molecular complexity index is 524. The van der Waals surface area contributed by atoms with E-state index >= 15 is 0 Å². The first-order valence-corrected chi connectivity index (χ1v) is 9.31. The Balaban J connectivity index is 1.42. The molecule has 0 amide bonds. The van der Waals surface area contributed by atoms with Crippen LogP contribution >= 0.6 is 0 Å². The largest absolute Gasteiger partial charge is 0.375 e. The lowest BCUT2D eigenvalue weighted by atomic mass is 9.89. The number of hydrogen-bond donors (Lipinski definition) is 1. The molecule has 1 atom stereocenters. The first-order chi connectivity index (χ1) is 11.3. The maximum atomic E-state index is 6.13. The third-order valence-corrected chi connectivity index (χ3v) is 5.69. The van der Waals surface area contributed by atoms with E-state index in [1.165, 1.54) is 44.9 Å². The molecule has 0 radical (unpaired) electrons. The molecule has 0 aromatic carbocycles. The number of rotatable bonds is 3. The number of ether oxygens (including phenoxy) is 1. The van der Waals surface area contributed by atoms with E-state index in [0.717, 1.165) is 44.2 Å². The van der Waals surface area contributed by atoms with Gasteiger partial charge in [-0.25, -0.2) is 9.97 Å². The summed E-state index contributed by atoms with van der Waals surface area (Å²) in [5.41, 5.74) is 0.151. The van der Waals surface area contributed by atoms with E-state index in [1.807, 2.05) is 0 Å². The molecule has 2 saturated heterocycles. The van der Waals surface area contributed by atoms with Crippen molar-refractivity contribution in [3.05, 3.63) is 12.4 Å². The Hall–Kier alpha value is -1.36. The summed E-state index contributed by atoms with van der Waals surface area (Å²) in [6, 6.07) is 2.60. The van der Waals surface area contributed by atoms with Crippen molar-refractivity contribution in [1.29, 1.82) is 0 Å². The molecule has 3 fully saturated rings. The molecule has 1 spiro atoms. The highest BCUT2D eigenvalue weighted by Gasteiger charge is 2.39. The van der Waals surface area contributed by atoms with Gasteiger partial charge in [0.05, 0.1) is 5.60 Å². The van der Waals surface area contributed by atoms with Crippen LogP contribution in [-0.2, 0) is 4.74 Å². The van der Waals surface area contributed by atoms with Crippen LogP contribution in [0.5, 0.6) is 0 Å². The highest BCUT2D eigenvalue weighted by molar-refractivity contribution is 5.49. The number of piperidine rings is 1. The monoisotopic (exact) mass is 316 g/mol. The molecular formula is C18H28N4O. The lowest BCUT2D eigenvalue weighted by Crippen LogP contribution is -2.42. The minimum absolute atomic E-state index is 0.151. The highest BCUT2D eigenvalue weighted by atomic mass is 16.5. The zero-order valence-corrected chi connectivity index (χ0v) is 14.0. The van der Waals surface area contributed by atoms with Gasteiger partial charge in [0, 0.05) is 31.8 Å². The Labute approximate surface area is 138 Å². The van der Waals surface area contributed by atoms with Crippen molar-refractivity contribution < 1.29 is 4.74 Å². The van der Waals surface area contributed by atoms with Crippen LogP contribution < -0.4 is 10.2 Å². The van der Waals surface area contributed by atoms with Crippen LogP contribution in [0.2, 0.25) is 0 Å². The standard InChI is InChI=1S/C18H28N4O/c1-4-9-22(10-5-1)17-12-16(19-14-20-17)21-15-6-11-23-18(13-15)7-2-3-8-18/h12,14-15H,1-11,13H2,(H,19,20,21). The van der Waals surface area contributed by atoms with E-state index in [1.54, 1.807) is 6.33 Å². The number of hydrogen-bond acceptors (Lipinski definition) is 5. The first kappa shape index (κ1) is 15.2. The fourth-order valence-corrected chi connectivity index (χ4v) is 4.45. The van der Waals surface area contributed by atoms with E-state index < -0.39 is 0 Å². The van der Waals surface area contributed by atoms with Crippen molar-refractivity contribution in [3.8, 4) is 0 Å². The molecule has 23 heavy (non-hydrogen) atoms. The van der Waals surface area contributed by atoms with Gasteiger partial charge in [0.1, 0.15) is 18.0 Å². The molecule has 4 rings (SSSR count). The molecule has 3 aliphatic rings. The zero-order valence-electron chi connectivity index (χ0n) is 14.0. The third kappa shape index (κ3) is 3.44. The van der Waals surface area contributed by atoms with Crippen LogP contribution in [0, 0.1) is 0 Å². The van der Waals surface area contributed by atoms with Crippen molar-refractivity contribution in [2.75, 3.05) is 29.9 Å². The lowest BCUT2D eigenvalue weighted by molar-refractivity contribution is -0.0767. The van der Waals surface area contributed by atoms with Crippen molar-refractivity contribution in [1.82, 2.24) is 9.97 Å². The normalized spacial score (nSPS) is 27.3. The van der Waals surface area contributed by atoms with E-state index in [2.05, 4.69) is 26.3 Å². The van der Waals surface area contributed by atoms with Gasteiger partial charge < -0.3 is 15.0 Å². The van der Waals surface area contributed by atoms with E-state index in [9.17, 15) is 0 Å². The first-order valence-electron chi connectivity index (χ1n) is 9.31. The van der Waals surface area contributed by atoms with Crippen molar-refractivity contribution in [3.63, 3.8) is 0 Å². The molecule has 1 unspecified atom stereocenters. The molecule has 1 aromatic heterocycles. The molecule has 126 valence electrons. The van der Waals surface area contributed by atoms with Crippen LogP contribution in [0.4, 0.5) is 11.6 Å². The fourth-order valence-electron chi connectivity index (χ4n) is 4.45. The number of anilines is 2.